The fourth-order valence-corrected chi connectivity index (χ4v) is 3.93. The van der Waals surface area contributed by atoms with Gasteiger partial charge in [0.25, 0.3) is 0 Å². The first kappa shape index (κ1) is 15.5. The van der Waals surface area contributed by atoms with Gasteiger partial charge in [-0.15, -0.1) is 0 Å². The van der Waals surface area contributed by atoms with Crippen LogP contribution in [-0.2, 0) is 24.2 Å². The van der Waals surface area contributed by atoms with E-state index in [1.54, 1.807) is 0 Å². The number of rotatable bonds is 4. The van der Waals surface area contributed by atoms with Crippen LogP contribution in [0, 0.1) is 0 Å². The molecule has 0 saturated carbocycles. The molecular formula is C20H19BrN2O. The molecule has 4 rings (SSSR count). The number of nitrogens with one attached hydrogen (secondary N) is 1. The molecule has 1 N–H and O–H groups in total. The minimum Gasteiger partial charge on any atom is -0.353 e. The van der Waals surface area contributed by atoms with E-state index in [2.05, 4.69) is 74.5 Å². The molecule has 1 amide bonds. The Morgan fingerprint density at radius 3 is 2.62 bits per heavy atom. The van der Waals surface area contributed by atoms with Crippen molar-refractivity contribution in [2.75, 3.05) is 0 Å². The zero-order valence-electron chi connectivity index (χ0n) is 13.3. The van der Waals surface area contributed by atoms with Gasteiger partial charge in [0.15, 0.2) is 0 Å². The Balaban J connectivity index is 1.35. The molecule has 1 aromatic heterocycles. The molecule has 1 aliphatic carbocycles. The van der Waals surface area contributed by atoms with Crippen molar-refractivity contribution in [2.24, 2.45) is 0 Å². The Hall–Kier alpha value is -2.07. The molecule has 24 heavy (non-hydrogen) atoms. The zero-order chi connectivity index (χ0) is 16.5. The fraction of sp³-hybridized carbons (Fsp3) is 0.250. The van der Waals surface area contributed by atoms with Gasteiger partial charge in [-0.2, -0.15) is 0 Å². The summed E-state index contributed by atoms with van der Waals surface area (Å²) in [5.74, 6) is 0.131. The van der Waals surface area contributed by atoms with Crippen molar-refractivity contribution in [1.82, 2.24) is 9.88 Å². The summed E-state index contributed by atoms with van der Waals surface area (Å²) in [7, 11) is 0. The van der Waals surface area contributed by atoms with Crippen LogP contribution in [0.5, 0.6) is 0 Å². The number of halogens is 1. The molecular weight excluding hydrogens is 364 g/mol. The molecule has 0 fully saturated rings. The third-order valence-corrected chi connectivity index (χ3v) is 5.22. The normalized spacial score (nSPS) is 14.0. The maximum atomic E-state index is 12.3. The number of aryl methyl sites for hydroxylation is 1. The highest BCUT2D eigenvalue weighted by atomic mass is 79.9. The molecule has 3 nitrogen and oxygen atoms in total. The highest BCUT2D eigenvalue weighted by Gasteiger charge is 2.22. The summed E-state index contributed by atoms with van der Waals surface area (Å²) in [6.45, 7) is 0.705. The quantitative estimate of drug-likeness (QED) is 0.724. The Morgan fingerprint density at radius 2 is 1.88 bits per heavy atom. The highest BCUT2D eigenvalue weighted by Crippen LogP contribution is 2.22. The molecule has 0 radical (unpaired) electrons. The molecule has 0 unspecified atom stereocenters. The number of amides is 1. The van der Waals surface area contributed by atoms with Crippen LogP contribution in [0.2, 0.25) is 0 Å². The minimum atomic E-state index is 0.131. The maximum absolute atomic E-state index is 12.3. The average molecular weight is 383 g/mol. The minimum absolute atomic E-state index is 0.131. The van der Waals surface area contributed by atoms with Gasteiger partial charge in [-0.1, -0.05) is 40.2 Å². The summed E-state index contributed by atoms with van der Waals surface area (Å²) in [5.41, 5.74) is 3.90. The van der Waals surface area contributed by atoms with E-state index in [4.69, 9.17) is 0 Å². The van der Waals surface area contributed by atoms with Crippen molar-refractivity contribution in [2.45, 2.75) is 31.8 Å². The van der Waals surface area contributed by atoms with Crippen molar-refractivity contribution >= 4 is 32.7 Å². The molecule has 0 aliphatic heterocycles. The lowest BCUT2D eigenvalue weighted by Crippen LogP contribution is -2.35. The van der Waals surface area contributed by atoms with Crippen LogP contribution in [0.25, 0.3) is 10.9 Å². The summed E-state index contributed by atoms with van der Waals surface area (Å²) in [5, 5.41) is 4.38. The van der Waals surface area contributed by atoms with E-state index in [9.17, 15) is 4.79 Å². The molecule has 1 aliphatic rings. The largest absolute Gasteiger partial charge is 0.353 e. The van der Waals surface area contributed by atoms with Gasteiger partial charge in [-0.3, -0.25) is 4.79 Å². The number of hydrogen-bond donors (Lipinski definition) is 1. The van der Waals surface area contributed by atoms with Crippen LogP contribution in [0.3, 0.4) is 0 Å². The zero-order valence-corrected chi connectivity index (χ0v) is 14.9. The number of fused-ring (bicyclic) bond motifs is 2. The summed E-state index contributed by atoms with van der Waals surface area (Å²) in [4.78, 5) is 12.3. The third kappa shape index (κ3) is 3.11. The first-order chi connectivity index (χ1) is 11.7. The van der Waals surface area contributed by atoms with Gasteiger partial charge in [-0.25, -0.2) is 0 Å². The smallest absolute Gasteiger partial charge is 0.222 e. The fourth-order valence-electron chi connectivity index (χ4n) is 3.55. The molecule has 2 aromatic carbocycles. The summed E-state index contributed by atoms with van der Waals surface area (Å²) < 4.78 is 3.22. The number of benzene rings is 2. The monoisotopic (exact) mass is 382 g/mol. The maximum Gasteiger partial charge on any atom is 0.222 e. The van der Waals surface area contributed by atoms with Crippen LogP contribution in [0.15, 0.2) is 59.2 Å². The van der Waals surface area contributed by atoms with Crippen molar-refractivity contribution in [3.05, 3.63) is 70.3 Å². The number of carbonyl (C=O) groups excluding carboxylic acids is 1. The second-order valence-electron chi connectivity index (χ2n) is 6.40. The lowest BCUT2D eigenvalue weighted by molar-refractivity contribution is -0.121. The van der Waals surface area contributed by atoms with Crippen LogP contribution in [-0.4, -0.2) is 16.5 Å². The van der Waals surface area contributed by atoms with Gasteiger partial charge >= 0.3 is 0 Å². The Kier molecular flexibility index (Phi) is 4.15. The van der Waals surface area contributed by atoms with Crippen molar-refractivity contribution in [3.8, 4) is 0 Å². The van der Waals surface area contributed by atoms with Gasteiger partial charge in [0.1, 0.15) is 0 Å². The second kappa shape index (κ2) is 6.44. The standard InChI is InChI=1S/C20H19BrN2O/c21-17-5-6-19-16(11-17)7-9-23(19)10-8-20(24)22-18-12-14-3-1-2-4-15(14)13-18/h1-7,9,11,18H,8,10,12-13H2,(H,22,24). The van der Waals surface area contributed by atoms with Crippen LogP contribution in [0.1, 0.15) is 17.5 Å². The molecule has 1 heterocycles. The molecule has 4 heteroatoms. The van der Waals surface area contributed by atoms with E-state index >= 15 is 0 Å². The molecule has 0 atom stereocenters. The van der Waals surface area contributed by atoms with E-state index in [1.807, 2.05) is 6.07 Å². The van der Waals surface area contributed by atoms with E-state index in [0.717, 1.165) is 17.3 Å². The average Bonchev–Trinajstić information content (AvgIpc) is 3.15. The van der Waals surface area contributed by atoms with Crippen molar-refractivity contribution in [3.63, 3.8) is 0 Å². The predicted molar refractivity (Wildman–Crippen MR) is 100 cm³/mol. The Bertz CT molecular complexity index is 875. The van der Waals surface area contributed by atoms with Crippen molar-refractivity contribution in [1.29, 1.82) is 0 Å². The number of nitrogens with zero attached hydrogens (tertiary/aromatic N) is 1. The number of hydrogen-bond acceptors (Lipinski definition) is 1. The Morgan fingerprint density at radius 1 is 1.12 bits per heavy atom. The van der Waals surface area contributed by atoms with E-state index in [0.29, 0.717) is 13.0 Å². The first-order valence-electron chi connectivity index (χ1n) is 8.29. The molecule has 0 bridgehead atoms. The van der Waals surface area contributed by atoms with Gasteiger partial charge < -0.3 is 9.88 Å². The number of carbonyl (C=O) groups is 1. The van der Waals surface area contributed by atoms with Gasteiger partial charge in [-0.05, 0) is 48.2 Å². The lowest BCUT2D eigenvalue weighted by atomic mass is 10.1. The highest BCUT2D eigenvalue weighted by molar-refractivity contribution is 9.10. The van der Waals surface area contributed by atoms with Gasteiger partial charge in [0, 0.05) is 40.6 Å². The third-order valence-electron chi connectivity index (χ3n) is 4.73. The van der Waals surface area contributed by atoms with E-state index < -0.39 is 0 Å². The Labute approximate surface area is 149 Å². The van der Waals surface area contributed by atoms with Crippen LogP contribution in [0.4, 0.5) is 0 Å². The number of aromatic nitrogens is 1. The van der Waals surface area contributed by atoms with Gasteiger partial charge in [0.2, 0.25) is 5.91 Å². The predicted octanol–water partition coefficient (Wildman–Crippen LogP) is 4.08. The molecule has 122 valence electrons. The molecule has 0 saturated heterocycles. The molecule has 3 aromatic rings. The van der Waals surface area contributed by atoms with Crippen molar-refractivity contribution < 1.29 is 4.79 Å². The van der Waals surface area contributed by atoms with E-state index in [1.165, 1.54) is 22.0 Å². The summed E-state index contributed by atoms with van der Waals surface area (Å²) >= 11 is 3.49. The van der Waals surface area contributed by atoms with Crippen LogP contribution < -0.4 is 5.32 Å². The molecule has 0 spiro atoms. The topological polar surface area (TPSA) is 34.0 Å². The second-order valence-corrected chi connectivity index (χ2v) is 7.32. The lowest BCUT2D eigenvalue weighted by Gasteiger charge is -2.12. The van der Waals surface area contributed by atoms with Crippen LogP contribution >= 0.6 is 15.9 Å². The summed E-state index contributed by atoms with van der Waals surface area (Å²) in [6.07, 6.45) is 4.45. The SMILES string of the molecule is O=C(CCn1ccc2cc(Br)ccc21)NC1Cc2ccccc2C1. The first-order valence-corrected chi connectivity index (χ1v) is 9.09. The van der Waals surface area contributed by atoms with Gasteiger partial charge in [0.05, 0.1) is 0 Å². The summed E-state index contributed by atoms with van der Waals surface area (Å²) in [6, 6.07) is 17.0. The van der Waals surface area contributed by atoms with E-state index in [-0.39, 0.29) is 11.9 Å².